The van der Waals surface area contributed by atoms with Crippen LogP contribution in [-0.2, 0) is 6.18 Å². The lowest BCUT2D eigenvalue weighted by molar-refractivity contribution is -0.141. The molecular formula is C20H14F3N5O. The molecule has 0 radical (unpaired) electrons. The first-order valence-electron chi connectivity index (χ1n) is 8.56. The molecule has 0 saturated carbocycles. The lowest BCUT2D eigenvalue weighted by atomic mass is 10.1. The highest BCUT2D eigenvalue weighted by molar-refractivity contribution is 5.97. The maximum atomic E-state index is 13.0. The zero-order chi connectivity index (χ0) is 20.6. The fourth-order valence-electron chi connectivity index (χ4n) is 2.91. The monoisotopic (exact) mass is 397 g/mol. The molecule has 1 aromatic carbocycles. The van der Waals surface area contributed by atoms with Gasteiger partial charge in [0.25, 0.3) is 0 Å². The predicted molar refractivity (Wildman–Crippen MR) is 101 cm³/mol. The molecule has 3 aromatic heterocycles. The van der Waals surface area contributed by atoms with E-state index in [1.807, 2.05) is 12.1 Å². The second-order valence-corrected chi connectivity index (χ2v) is 6.30. The summed E-state index contributed by atoms with van der Waals surface area (Å²) in [6.45, 7) is 1.63. The minimum absolute atomic E-state index is 0.0666. The van der Waals surface area contributed by atoms with E-state index in [-0.39, 0.29) is 5.82 Å². The Bertz CT molecular complexity index is 1230. The number of benzene rings is 1. The van der Waals surface area contributed by atoms with Crippen molar-refractivity contribution in [3.63, 3.8) is 0 Å². The van der Waals surface area contributed by atoms with Crippen molar-refractivity contribution in [1.29, 1.82) is 0 Å². The van der Waals surface area contributed by atoms with Gasteiger partial charge in [-0.1, -0.05) is 29.4 Å². The van der Waals surface area contributed by atoms with Gasteiger partial charge in [0.1, 0.15) is 11.4 Å². The molecule has 146 valence electrons. The summed E-state index contributed by atoms with van der Waals surface area (Å²) in [7, 11) is 0. The van der Waals surface area contributed by atoms with Crippen molar-refractivity contribution in [2.75, 3.05) is 0 Å². The highest BCUT2D eigenvalue weighted by Crippen LogP contribution is 2.29. The third-order valence-corrected chi connectivity index (χ3v) is 4.38. The Labute approximate surface area is 163 Å². The summed E-state index contributed by atoms with van der Waals surface area (Å²) in [5.74, 6) is 0.0666. The number of hydrogen-bond acceptors (Lipinski definition) is 5. The third-order valence-electron chi connectivity index (χ3n) is 4.38. The van der Waals surface area contributed by atoms with Gasteiger partial charge in [-0.3, -0.25) is 0 Å². The number of oxime groups is 1. The summed E-state index contributed by atoms with van der Waals surface area (Å²) >= 11 is 0. The molecule has 0 spiro atoms. The van der Waals surface area contributed by atoms with Gasteiger partial charge in [0, 0.05) is 10.9 Å². The quantitative estimate of drug-likeness (QED) is 0.309. The molecule has 0 amide bonds. The molecule has 0 aliphatic rings. The van der Waals surface area contributed by atoms with Crippen LogP contribution < -0.4 is 0 Å². The molecule has 0 bridgehead atoms. The maximum Gasteiger partial charge on any atom is 0.433 e. The summed E-state index contributed by atoms with van der Waals surface area (Å²) in [5, 5.41) is 17.1. The smallest absolute Gasteiger partial charge is 0.411 e. The average Bonchev–Trinajstić information content (AvgIpc) is 3.16. The average molecular weight is 397 g/mol. The Morgan fingerprint density at radius 1 is 1.03 bits per heavy atom. The van der Waals surface area contributed by atoms with E-state index in [0.29, 0.717) is 22.6 Å². The van der Waals surface area contributed by atoms with Crippen LogP contribution in [0.3, 0.4) is 0 Å². The molecule has 4 rings (SSSR count). The fourth-order valence-corrected chi connectivity index (χ4v) is 2.91. The largest absolute Gasteiger partial charge is 0.433 e. The molecule has 0 unspecified atom stereocenters. The van der Waals surface area contributed by atoms with Crippen LogP contribution in [0.5, 0.6) is 0 Å². The van der Waals surface area contributed by atoms with Crippen molar-refractivity contribution in [2.24, 2.45) is 5.16 Å². The van der Waals surface area contributed by atoms with Crippen LogP contribution in [0.15, 0.2) is 65.9 Å². The van der Waals surface area contributed by atoms with E-state index in [1.54, 1.807) is 37.4 Å². The molecule has 3 heterocycles. The van der Waals surface area contributed by atoms with Gasteiger partial charge < -0.3 is 5.21 Å². The van der Waals surface area contributed by atoms with E-state index < -0.39 is 11.9 Å². The summed E-state index contributed by atoms with van der Waals surface area (Å²) < 4.78 is 40.4. The molecule has 29 heavy (non-hydrogen) atoms. The van der Waals surface area contributed by atoms with Gasteiger partial charge >= 0.3 is 6.18 Å². The van der Waals surface area contributed by atoms with Crippen molar-refractivity contribution >= 4 is 16.6 Å². The van der Waals surface area contributed by atoms with Crippen molar-refractivity contribution < 1.29 is 18.4 Å². The molecule has 0 aliphatic heterocycles. The molecule has 9 heteroatoms. The van der Waals surface area contributed by atoms with E-state index in [1.165, 1.54) is 16.8 Å². The molecule has 0 aliphatic carbocycles. The number of hydrogen-bond donors (Lipinski definition) is 1. The van der Waals surface area contributed by atoms with Crippen LogP contribution in [0.1, 0.15) is 18.3 Å². The highest BCUT2D eigenvalue weighted by atomic mass is 19.4. The van der Waals surface area contributed by atoms with E-state index in [2.05, 4.69) is 20.2 Å². The standard InChI is InChI=1S/C20H14F3N5O/c1-12(27-29)15-4-2-5-16(25-15)13-8-9-14-11-24-28(17(14)10-13)19-7-3-6-18(26-19)20(21,22)23/h2-11,29H,1H3/b27-12+. The Hall–Kier alpha value is -3.75. The van der Waals surface area contributed by atoms with Gasteiger partial charge in [-0.15, -0.1) is 0 Å². The second kappa shape index (κ2) is 7.01. The highest BCUT2D eigenvalue weighted by Gasteiger charge is 2.32. The SMILES string of the molecule is C/C(=N\O)c1cccc(-c2ccc3cnn(-c4cccc(C(F)(F)F)n4)c3c2)n1. The molecular weight excluding hydrogens is 383 g/mol. The number of nitrogens with zero attached hydrogens (tertiary/aromatic N) is 5. The predicted octanol–water partition coefficient (Wildman–Crippen LogP) is 4.70. The van der Waals surface area contributed by atoms with Crippen LogP contribution in [-0.4, -0.2) is 30.7 Å². The van der Waals surface area contributed by atoms with Gasteiger partial charge in [0.15, 0.2) is 5.82 Å². The van der Waals surface area contributed by atoms with Gasteiger partial charge in [0.05, 0.1) is 23.1 Å². The molecule has 1 N–H and O–H groups in total. The molecule has 4 aromatic rings. The Kier molecular flexibility index (Phi) is 4.50. The van der Waals surface area contributed by atoms with Crippen molar-refractivity contribution in [2.45, 2.75) is 13.1 Å². The summed E-state index contributed by atoms with van der Waals surface area (Å²) in [6, 6.07) is 14.4. The molecule has 0 fully saturated rings. The van der Waals surface area contributed by atoms with Crippen molar-refractivity contribution in [3.05, 3.63) is 72.2 Å². The van der Waals surface area contributed by atoms with E-state index in [4.69, 9.17) is 5.21 Å². The molecule has 0 atom stereocenters. The van der Waals surface area contributed by atoms with Crippen LogP contribution in [0.2, 0.25) is 0 Å². The van der Waals surface area contributed by atoms with Gasteiger partial charge in [0.2, 0.25) is 0 Å². The van der Waals surface area contributed by atoms with Gasteiger partial charge in [-0.2, -0.15) is 18.3 Å². The number of fused-ring (bicyclic) bond motifs is 1. The number of pyridine rings is 2. The minimum atomic E-state index is -4.54. The normalized spacial score (nSPS) is 12.5. The minimum Gasteiger partial charge on any atom is -0.411 e. The number of halogens is 3. The Balaban J connectivity index is 1.82. The van der Waals surface area contributed by atoms with Crippen molar-refractivity contribution in [1.82, 2.24) is 19.7 Å². The van der Waals surface area contributed by atoms with Crippen LogP contribution >= 0.6 is 0 Å². The van der Waals surface area contributed by atoms with Crippen LogP contribution in [0.25, 0.3) is 28.0 Å². The van der Waals surface area contributed by atoms with E-state index >= 15 is 0 Å². The molecule has 0 saturated heterocycles. The van der Waals surface area contributed by atoms with E-state index in [0.717, 1.165) is 17.0 Å². The first-order valence-corrected chi connectivity index (χ1v) is 8.56. The topological polar surface area (TPSA) is 76.2 Å². The van der Waals surface area contributed by atoms with Crippen molar-refractivity contribution in [3.8, 4) is 17.1 Å². The third kappa shape index (κ3) is 3.54. The van der Waals surface area contributed by atoms with Crippen LogP contribution in [0.4, 0.5) is 13.2 Å². The second-order valence-electron chi connectivity index (χ2n) is 6.30. The fraction of sp³-hybridized carbons (Fsp3) is 0.100. The van der Waals surface area contributed by atoms with Gasteiger partial charge in [-0.25, -0.2) is 14.6 Å². The van der Waals surface area contributed by atoms with E-state index in [9.17, 15) is 13.2 Å². The maximum absolute atomic E-state index is 13.0. The zero-order valence-electron chi connectivity index (χ0n) is 15.1. The summed E-state index contributed by atoms with van der Waals surface area (Å²) in [5.41, 5.74) is 1.84. The van der Waals surface area contributed by atoms with Crippen LogP contribution in [0, 0.1) is 0 Å². The zero-order valence-corrected chi connectivity index (χ0v) is 15.1. The number of aromatic nitrogens is 4. The number of alkyl halides is 3. The Morgan fingerprint density at radius 2 is 1.83 bits per heavy atom. The number of rotatable bonds is 3. The lowest BCUT2D eigenvalue weighted by Crippen LogP contribution is -2.10. The lowest BCUT2D eigenvalue weighted by Gasteiger charge is -2.09. The first kappa shape index (κ1) is 18.6. The Morgan fingerprint density at radius 3 is 2.59 bits per heavy atom. The first-order chi connectivity index (χ1) is 13.9. The molecule has 6 nitrogen and oxygen atoms in total. The van der Waals surface area contributed by atoms with Gasteiger partial charge in [-0.05, 0) is 37.3 Å². The summed E-state index contributed by atoms with van der Waals surface area (Å²) in [6.07, 6.45) is -2.98. The summed E-state index contributed by atoms with van der Waals surface area (Å²) in [4.78, 5) is 8.17.